The molecule has 0 aliphatic carbocycles. The summed E-state index contributed by atoms with van der Waals surface area (Å²) in [5.41, 5.74) is 1.41. The van der Waals surface area contributed by atoms with Crippen molar-refractivity contribution < 1.29 is 23.5 Å². The predicted molar refractivity (Wildman–Crippen MR) is 123 cm³/mol. The average Bonchev–Trinajstić information content (AvgIpc) is 3.46. The lowest BCUT2D eigenvalue weighted by atomic mass is 10.1. The van der Waals surface area contributed by atoms with Crippen molar-refractivity contribution in [3.8, 4) is 11.5 Å². The maximum Gasteiger partial charge on any atom is 0.254 e. The summed E-state index contributed by atoms with van der Waals surface area (Å²) < 4.78 is 16.4. The van der Waals surface area contributed by atoms with E-state index in [0.717, 1.165) is 11.3 Å². The van der Waals surface area contributed by atoms with Gasteiger partial charge in [0.15, 0.2) is 11.5 Å². The topological polar surface area (TPSA) is 72.2 Å². The lowest BCUT2D eigenvalue weighted by molar-refractivity contribution is -0.133. The van der Waals surface area contributed by atoms with E-state index in [1.54, 1.807) is 29.2 Å². The van der Waals surface area contributed by atoms with Gasteiger partial charge in [-0.1, -0.05) is 36.4 Å². The highest BCUT2D eigenvalue weighted by Gasteiger charge is 2.24. The number of carbonyl (C=O) groups excluding carboxylic acids is 2. The molecule has 2 aromatic carbocycles. The van der Waals surface area contributed by atoms with Crippen LogP contribution in [0.1, 0.15) is 27.4 Å². The van der Waals surface area contributed by atoms with Gasteiger partial charge in [0.05, 0.1) is 6.54 Å². The molecule has 7 heteroatoms. The maximum atomic E-state index is 13.4. The summed E-state index contributed by atoms with van der Waals surface area (Å²) in [6, 6.07) is 18.5. The van der Waals surface area contributed by atoms with Crippen molar-refractivity contribution in [1.82, 2.24) is 9.80 Å². The highest BCUT2D eigenvalue weighted by atomic mass is 16.7. The number of benzene rings is 2. The van der Waals surface area contributed by atoms with E-state index in [-0.39, 0.29) is 31.7 Å². The Morgan fingerprint density at radius 3 is 2.48 bits per heavy atom. The molecule has 170 valence electrons. The van der Waals surface area contributed by atoms with Gasteiger partial charge >= 0.3 is 0 Å². The number of aryl methyl sites for hydroxylation is 1. The third-order valence-corrected chi connectivity index (χ3v) is 5.29. The standard InChI is InChI=1S/C26H26N2O5/c1-3-13-27(26(30)21-10-12-23-24(14-21)32-18-31-23)17-25(29)28(15-20-7-5-4-6-8-20)16-22-11-9-19(2)33-22/h3-12,14H,1,13,15-18H2,2H3. The highest BCUT2D eigenvalue weighted by molar-refractivity contribution is 5.97. The molecule has 0 bridgehead atoms. The molecule has 0 unspecified atom stereocenters. The van der Waals surface area contributed by atoms with E-state index < -0.39 is 0 Å². The molecule has 0 spiro atoms. The number of furan rings is 1. The summed E-state index contributed by atoms with van der Waals surface area (Å²) in [5, 5.41) is 0. The van der Waals surface area contributed by atoms with Gasteiger partial charge in [-0.15, -0.1) is 6.58 Å². The summed E-state index contributed by atoms with van der Waals surface area (Å²) >= 11 is 0. The predicted octanol–water partition coefficient (Wildman–Crippen LogP) is 4.17. The number of carbonyl (C=O) groups is 2. The van der Waals surface area contributed by atoms with Crippen molar-refractivity contribution in [1.29, 1.82) is 0 Å². The van der Waals surface area contributed by atoms with Gasteiger partial charge in [0.1, 0.15) is 18.1 Å². The number of ether oxygens (including phenoxy) is 2. The molecular weight excluding hydrogens is 420 g/mol. The van der Waals surface area contributed by atoms with E-state index in [2.05, 4.69) is 6.58 Å². The van der Waals surface area contributed by atoms with Gasteiger partial charge < -0.3 is 23.7 Å². The van der Waals surface area contributed by atoms with Gasteiger partial charge in [0.2, 0.25) is 12.7 Å². The van der Waals surface area contributed by atoms with Crippen LogP contribution < -0.4 is 9.47 Å². The normalized spacial score (nSPS) is 11.8. The van der Waals surface area contributed by atoms with E-state index in [0.29, 0.717) is 35.9 Å². The molecule has 4 rings (SSSR count). The SMILES string of the molecule is C=CCN(CC(=O)N(Cc1ccccc1)Cc1ccc(C)o1)C(=O)c1ccc2c(c1)OCO2. The van der Waals surface area contributed by atoms with Crippen LogP contribution in [-0.2, 0) is 17.9 Å². The molecule has 1 aromatic heterocycles. The number of hydrogen-bond donors (Lipinski definition) is 0. The van der Waals surface area contributed by atoms with E-state index in [4.69, 9.17) is 13.9 Å². The van der Waals surface area contributed by atoms with Crippen LogP contribution in [0, 0.1) is 6.92 Å². The Labute approximate surface area is 192 Å². The lowest BCUT2D eigenvalue weighted by Crippen LogP contribution is -2.42. The fraction of sp³-hybridized carbons (Fsp3) is 0.231. The first kappa shape index (κ1) is 22.2. The molecule has 2 amide bonds. The highest BCUT2D eigenvalue weighted by Crippen LogP contribution is 2.32. The largest absolute Gasteiger partial charge is 0.464 e. The van der Waals surface area contributed by atoms with Crippen molar-refractivity contribution >= 4 is 11.8 Å². The third-order valence-electron chi connectivity index (χ3n) is 5.29. The van der Waals surface area contributed by atoms with Crippen LogP contribution >= 0.6 is 0 Å². The van der Waals surface area contributed by atoms with Crippen molar-refractivity contribution in [2.24, 2.45) is 0 Å². The zero-order valence-corrected chi connectivity index (χ0v) is 18.5. The van der Waals surface area contributed by atoms with E-state index >= 15 is 0 Å². The number of fused-ring (bicyclic) bond motifs is 1. The van der Waals surface area contributed by atoms with Gasteiger partial charge in [-0.2, -0.15) is 0 Å². The zero-order valence-electron chi connectivity index (χ0n) is 18.5. The second kappa shape index (κ2) is 10.1. The van der Waals surface area contributed by atoms with Crippen LogP contribution in [0.2, 0.25) is 0 Å². The third kappa shape index (κ3) is 5.44. The second-order valence-corrected chi connectivity index (χ2v) is 7.79. The fourth-order valence-electron chi connectivity index (χ4n) is 3.64. The Morgan fingerprint density at radius 2 is 1.76 bits per heavy atom. The minimum absolute atomic E-state index is 0.0914. The minimum atomic E-state index is -0.282. The van der Waals surface area contributed by atoms with Crippen LogP contribution in [0.3, 0.4) is 0 Å². The quantitative estimate of drug-likeness (QED) is 0.461. The van der Waals surface area contributed by atoms with Gasteiger partial charge in [-0.05, 0) is 42.8 Å². The van der Waals surface area contributed by atoms with Crippen molar-refractivity contribution in [2.45, 2.75) is 20.0 Å². The molecule has 0 saturated carbocycles. The van der Waals surface area contributed by atoms with E-state index in [1.165, 1.54) is 4.90 Å². The summed E-state index contributed by atoms with van der Waals surface area (Å²) in [5.74, 6) is 2.11. The first-order chi connectivity index (χ1) is 16.0. The first-order valence-corrected chi connectivity index (χ1v) is 10.7. The first-order valence-electron chi connectivity index (χ1n) is 10.7. The molecule has 0 atom stereocenters. The fourth-order valence-corrected chi connectivity index (χ4v) is 3.64. The number of rotatable bonds is 9. The van der Waals surface area contributed by atoms with Gasteiger partial charge in [0, 0.05) is 18.7 Å². The molecule has 0 radical (unpaired) electrons. The Morgan fingerprint density at radius 1 is 0.970 bits per heavy atom. The van der Waals surface area contributed by atoms with E-state index in [1.807, 2.05) is 49.4 Å². The van der Waals surface area contributed by atoms with Crippen LogP contribution in [0.25, 0.3) is 0 Å². The molecule has 0 saturated heterocycles. The van der Waals surface area contributed by atoms with Crippen LogP contribution in [0.15, 0.2) is 77.7 Å². The molecule has 2 heterocycles. The van der Waals surface area contributed by atoms with Gasteiger partial charge in [-0.3, -0.25) is 9.59 Å². The molecule has 3 aromatic rings. The summed E-state index contributed by atoms with van der Waals surface area (Å²) in [6.45, 7) is 6.59. The monoisotopic (exact) mass is 446 g/mol. The molecule has 7 nitrogen and oxygen atoms in total. The van der Waals surface area contributed by atoms with Gasteiger partial charge in [-0.25, -0.2) is 0 Å². The Balaban J connectivity index is 1.53. The molecule has 1 aliphatic heterocycles. The summed E-state index contributed by atoms with van der Waals surface area (Å²) in [4.78, 5) is 29.7. The average molecular weight is 447 g/mol. The Hall–Kier alpha value is -4.00. The number of hydrogen-bond acceptors (Lipinski definition) is 5. The zero-order chi connectivity index (χ0) is 23.2. The summed E-state index contributed by atoms with van der Waals surface area (Å²) in [7, 11) is 0. The smallest absolute Gasteiger partial charge is 0.254 e. The van der Waals surface area contributed by atoms with Gasteiger partial charge in [0.25, 0.3) is 5.91 Å². The second-order valence-electron chi connectivity index (χ2n) is 7.79. The molecule has 33 heavy (non-hydrogen) atoms. The van der Waals surface area contributed by atoms with Crippen LogP contribution in [-0.4, -0.2) is 41.5 Å². The van der Waals surface area contributed by atoms with Crippen molar-refractivity contribution in [3.05, 3.63) is 96.0 Å². The maximum absolute atomic E-state index is 13.4. The van der Waals surface area contributed by atoms with Crippen molar-refractivity contribution in [2.75, 3.05) is 19.9 Å². The summed E-state index contributed by atoms with van der Waals surface area (Å²) in [6.07, 6.45) is 1.61. The van der Waals surface area contributed by atoms with Crippen molar-refractivity contribution in [3.63, 3.8) is 0 Å². The van der Waals surface area contributed by atoms with E-state index in [9.17, 15) is 9.59 Å². The number of amides is 2. The molecular formula is C26H26N2O5. The number of nitrogens with zero attached hydrogens (tertiary/aromatic N) is 2. The molecule has 1 aliphatic rings. The Bertz CT molecular complexity index is 1140. The van der Waals surface area contributed by atoms with Crippen LogP contribution in [0.4, 0.5) is 0 Å². The Kier molecular flexibility index (Phi) is 6.78. The molecule has 0 fully saturated rings. The lowest BCUT2D eigenvalue weighted by Gasteiger charge is -2.27. The van der Waals surface area contributed by atoms with Crippen LogP contribution in [0.5, 0.6) is 11.5 Å². The minimum Gasteiger partial charge on any atom is -0.464 e. The molecule has 0 N–H and O–H groups in total.